The Morgan fingerprint density at radius 2 is 1.85 bits per heavy atom. The number of rotatable bonds is 4. The fourth-order valence-electron chi connectivity index (χ4n) is 2.32. The van der Waals surface area contributed by atoms with Crippen molar-refractivity contribution in [3.8, 4) is 5.75 Å². The molecule has 1 aromatic carbocycles. The van der Waals surface area contributed by atoms with E-state index in [1.807, 2.05) is 19.1 Å². The molecule has 2 N–H and O–H groups in total. The Labute approximate surface area is 120 Å². The van der Waals surface area contributed by atoms with Crippen LogP contribution < -0.4 is 15.4 Å². The minimum atomic E-state index is -3.10. The molecule has 0 unspecified atom stereocenters. The number of nitrogens with two attached hydrogens (primary N) is 1. The second-order valence-electron chi connectivity index (χ2n) is 4.84. The van der Waals surface area contributed by atoms with Gasteiger partial charge in [-0.1, -0.05) is 0 Å². The number of piperazine rings is 1. The molecule has 7 heteroatoms. The van der Waals surface area contributed by atoms with Crippen molar-refractivity contribution in [1.82, 2.24) is 4.31 Å². The number of ether oxygens (including phenoxy) is 1. The second kappa shape index (κ2) is 5.88. The van der Waals surface area contributed by atoms with Crippen molar-refractivity contribution in [2.75, 3.05) is 49.7 Å². The van der Waals surface area contributed by atoms with E-state index in [0.29, 0.717) is 38.5 Å². The molecule has 0 aliphatic carbocycles. The average molecular weight is 299 g/mol. The summed E-state index contributed by atoms with van der Waals surface area (Å²) >= 11 is 0. The van der Waals surface area contributed by atoms with E-state index in [4.69, 9.17) is 10.5 Å². The molecule has 112 valence electrons. The van der Waals surface area contributed by atoms with Crippen molar-refractivity contribution in [3.05, 3.63) is 18.2 Å². The zero-order chi connectivity index (χ0) is 14.8. The van der Waals surface area contributed by atoms with Gasteiger partial charge in [0.15, 0.2) is 0 Å². The molecule has 1 aromatic rings. The molecule has 0 bridgehead atoms. The summed E-state index contributed by atoms with van der Waals surface area (Å²) < 4.78 is 30.0. The molecular formula is C13H21N3O3S. The highest BCUT2D eigenvalue weighted by Gasteiger charge is 2.23. The fraction of sp³-hybridized carbons (Fsp3) is 0.538. The number of nitrogen functional groups attached to an aromatic ring is 1. The predicted octanol–water partition coefficient (Wildman–Crippen LogP) is 0.749. The van der Waals surface area contributed by atoms with Crippen LogP contribution in [0.4, 0.5) is 11.4 Å². The number of nitrogens with zero attached hydrogens (tertiary/aromatic N) is 2. The third-order valence-corrected chi connectivity index (χ3v) is 4.60. The number of benzene rings is 1. The molecule has 1 saturated heterocycles. The van der Waals surface area contributed by atoms with Crippen LogP contribution in [0.25, 0.3) is 0 Å². The van der Waals surface area contributed by atoms with Gasteiger partial charge in [0, 0.05) is 49.7 Å². The summed E-state index contributed by atoms with van der Waals surface area (Å²) in [6.45, 7) is 4.82. The summed E-state index contributed by atoms with van der Waals surface area (Å²) in [5, 5.41) is 0. The molecule has 0 aromatic heterocycles. The molecule has 0 spiro atoms. The van der Waals surface area contributed by atoms with Gasteiger partial charge >= 0.3 is 0 Å². The maximum Gasteiger partial charge on any atom is 0.211 e. The summed E-state index contributed by atoms with van der Waals surface area (Å²) in [5.41, 5.74) is 7.50. The first-order valence-electron chi connectivity index (χ1n) is 6.63. The van der Waals surface area contributed by atoms with Crippen molar-refractivity contribution >= 4 is 21.4 Å². The largest absolute Gasteiger partial charge is 0.494 e. The highest BCUT2D eigenvalue weighted by molar-refractivity contribution is 7.88. The van der Waals surface area contributed by atoms with Gasteiger partial charge < -0.3 is 15.4 Å². The van der Waals surface area contributed by atoms with Crippen LogP contribution in [-0.2, 0) is 10.0 Å². The standard InChI is InChI=1S/C13H21N3O3S/c1-3-19-13-9-11(14)8-12(10-13)15-4-6-16(7-5-15)20(2,17)18/h8-10H,3-7,14H2,1-2H3. The molecule has 1 heterocycles. The lowest BCUT2D eigenvalue weighted by atomic mass is 10.2. The molecular weight excluding hydrogens is 278 g/mol. The highest BCUT2D eigenvalue weighted by atomic mass is 32.2. The van der Waals surface area contributed by atoms with E-state index in [2.05, 4.69) is 4.90 Å². The van der Waals surface area contributed by atoms with Gasteiger partial charge in [-0.3, -0.25) is 0 Å². The minimum absolute atomic E-state index is 0.498. The van der Waals surface area contributed by atoms with Crippen LogP contribution in [0.2, 0.25) is 0 Å². The first-order valence-corrected chi connectivity index (χ1v) is 8.48. The zero-order valence-corrected chi connectivity index (χ0v) is 12.7. The van der Waals surface area contributed by atoms with Gasteiger partial charge in [-0.2, -0.15) is 4.31 Å². The monoisotopic (exact) mass is 299 g/mol. The zero-order valence-electron chi connectivity index (χ0n) is 11.9. The molecule has 20 heavy (non-hydrogen) atoms. The Hall–Kier alpha value is -1.47. The van der Waals surface area contributed by atoms with Gasteiger partial charge in [-0.15, -0.1) is 0 Å². The van der Waals surface area contributed by atoms with E-state index >= 15 is 0 Å². The van der Waals surface area contributed by atoms with Gasteiger partial charge in [0.25, 0.3) is 0 Å². The van der Waals surface area contributed by atoms with Crippen molar-refractivity contribution < 1.29 is 13.2 Å². The molecule has 0 saturated carbocycles. The summed E-state index contributed by atoms with van der Waals surface area (Å²) in [7, 11) is -3.10. The Morgan fingerprint density at radius 3 is 2.40 bits per heavy atom. The Bertz CT molecular complexity index is 566. The van der Waals surface area contributed by atoms with Crippen molar-refractivity contribution in [2.24, 2.45) is 0 Å². The van der Waals surface area contributed by atoms with E-state index < -0.39 is 10.0 Å². The summed E-state index contributed by atoms with van der Waals surface area (Å²) in [5.74, 6) is 0.744. The van der Waals surface area contributed by atoms with E-state index in [-0.39, 0.29) is 0 Å². The second-order valence-corrected chi connectivity index (χ2v) is 6.82. The molecule has 0 atom stereocenters. The molecule has 0 amide bonds. The van der Waals surface area contributed by atoms with Crippen LogP contribution in [0.1, 0.15) is 6.92 Å². The number of sulfonamides is 1. The summed E-state index contributed by atoms with van der Waals surface area (Å²) in [4.78, 5) is 2.13. The molecule has 1 aliphatic heterocycles. The van der Waals surface area contributed by atoms with Crippen LogP contribution in [-0.4, -0.2) is 51.8 Å². The van der Waals surface area contributed by atoms with Crippen molar-refractivity contribution in [1.29, 1.82) is 0 Å². The molecule has 2 rings (SSSR count). The SMILES string of the molecule is CCOc1cc(N)cc(N2CCN(S(C)(=O)=O)CC2)c1. The number of anilines is 2. The van der Waals surface area contributed by atoms with Crippen LogP contribution in [0.15, 0.2) is 18.2 Å². The summed E-state index contributed by atoms with van der Waals surface area (Å²) in [6.07, 6.45) is 1.25. The van der Waals surface area contributed by atoms with Gasteiger partial charge in [-0.05, 0) is 13.0 Å². The fourth-order valence-corrected chi connectivity index (χ4v) is 3.14. The third kappa shape index (κ3) is 3.55. The Balaban J connectivity index is 2.10. The first kappa shape index (κ1) is 14.9. The van der Waals surface area contributed by atoms with Gasteiger partial charge in [0.1, 0.15) is 5.75 Å². The lowest BCUT2D eigenvalue weighted by molar-refractivity contribution is 0.340. The van der Waals surface area contributed by atoms with E-state index in [9.17, 15) is 8.42 Å². The number of hydrogen-bond acceptors (Lipinski definition) is 5. The van der Waals surface area contributed by atoms with Crippen LogP contribution in [0, 0.1) is 0 Å². The van der Waals surface area contributed by atoms with Crippen molar-refractivity contribution in [2.45, 2.75) is 6.92 Å². The smallest absolute Gasteiger partial charge is 0.211 e. The molecule has 1 fully saturated rings. The molecule has 6 nitrogen and oxygen atoms in total. The molecule has 1 aliphatic rings. The molecule has 0 radical (unpaired) electrons. The maximum atomic E-state index is 11.5. The lowest BCUT2D eigenvalue weighted by Crippen LogP contribution is -2.48. The number of hydrogen-bond donors (Lipinski definition) is 1. The van der Waals surface area contributed by atoms with Crippen LogP contribution in [0.5, 0.6) is 5.75 Å². The van der Waals surface area contributed by atoms with Gasteiger partial charge in [0.2, 0.25) is 10.0 Å². The normalized spacial score (nSPS) is 17.2. The van der Waals surface area contributed by atoms with Crippen LogP contribution >= 0.6 is 0 Å². The van der Waals surface area contributed by atoms with E-state index in [1.54, 1.807) is 6.07 Å². The van der Waals surface area contributed by atoms with Crippen LogP contribution in [0.3, 0.4) is 0 Å². The highest BCUT2D eigenvalue weighted by Crippen LogP contribution is 2.26. The van der Waals surface area contributed by atoms with Gasteiger partial charge in [0.05, 0.1) is 12.9 Å². The topological polar surface area (TPSA) is 75.9 Å². The predicted molar refractivity (Wildman–Crippen MR) is 80.7 cm³/mol. The van der Waals surface area contributed by atoms with E-state index in [1.165, 1.54) is 10.6 Å². The average Bonchev–Trinajstić information content (AvgIpc) is 2.37. The summed E-state index contributed by atoms with van der Waals surface area (Å²) in [6, 6.07) is 5.62. The van der Waals surface area contributed by atoms with Crippen molar-refractivity contribution in [3.63, 3.8) is 0 Å². The van der Waals surface area contributed by atoms with E-state index in [0.717, 1.165) is 11.4 Å². The van der Waals surface area contributed by atoms with Gasteiger partial charge in [-0.25, -0.2) is 8.42 Å². The quantitative estimate of drug-likeness (QED) is 0.830. The lowest BCUT2D eigenvalue weighted by Gasteiger charge is -2.35. The Morgan fingerprint density at radius 1 is 1.20 bits per heavy atom. The third-order valence-electron chi connectivity index (χ3n) is 3.30. The Kier molecular flexibility index (Phi) is 4.39. The maximum absolute atomic E-state index is 11.5. The minimum Gasteiger partial charge on any atom is -0.494 e. The first-order chi connectivity index (χ1) is 9.40.